The molecule has 1 aromatic heterocycles. The molecule has 1 N–H and O–H groups in total. The first kappa shape index (κ1) is 13.2. The van der Waals surface area contributed by atoms with Crippen molar-refractivity contribution in [2.75, 3.05) is 0 Å². The van der Waals surface area contributed by atoms with Crippen molar-refractivity contribution < 1.29 is 14.6 Å². The van der Waals surface area contributed by atoms with E-state index in [1.54, 1.807) is 6.07 Å². The van der Waals surface area contributed by atoms with Crippen LogP contribution in [0.2, 0.25) is 0 Å². The molecule has 0 spiro atoms. The van der Waals surface area contributed by atoms with Crippen molar-refractivity contribution in [1.29, 1.82) is 0 Å². The Morgan fingerprint density at radius 2 is 2.20 bits per heavy atom. The highest BCUT2D eigenvalue weighted by molar-refractivity contribution is 5.94. The van der Waals surface area contributed by atoms with E-state index in [-0.39, 0.29) is 11.7 Å². The predicted molar refractivity (Wildman–Crippen MR) is 77.1 cm³/mol. The fourth-order valence-electron chi connectivity index (χ4n) is 2.99. The van der Waals surface area contributed by atoms with Crippen molar-refractivity contribution >= 4 is 16.9 Å². The molecule has 3 rings (SSSR count). The number of para-hydroxylation sites is 1. The van der Waals surface area contributed by atoms with Crippen molar-refractivity contribution in [3.05, 3.63) is 36.0 Å². The highest BCUT2D eigenvalue weighted by Crippen LogP contribution is 2.31. The zero-order valence-corrected chi connectivity index (χ0v) is 11.8. The van der Waals surface area contributed by atoms with Gasteiger partial charge in [0.05, 0.1) is 11.7 Å². The Morgan fingerprint density at radius 1 is 1.45 bits per heavy atom. The third-order valence-corrected chi connectivity index (χ3v) is 3.97. The third kappa shape index (κ3) is 2.31. The first-order valence-electron chi connectivity index (χ1n) is 6.96. The molecular weight excluding hydrogens is 254 g/mol. The fraction of sp³-hybridized carbons (Fsp3) is 0.438. The molecule has 2 aromatic rings. The number of rotatable bonds is 3. The van der Waals surface area contributed by atoms with Crippen molar-refractivity contribution in [2.24, 2.45) is 0 Å². The summed E-state index contributed by atoms with van der Waals surface area (Å²) in [6, 6.07) is 9.49. The number of fused-ring (bicyclic) bond motifs is 1. The lowest BCUT2D eigenvalue weighted by Crippen LogP contribution is -2.24. The molecule has 0 radical (unpaired) electrons. The van der Waals surface area contributed by atoms with Crippen LogP contribution in [0.5, 0.6) is 0 Å². The van der Waals surface area contributed by atoms with E-state index in [9.17, 15) is 9.90 Å². The molecule has 0 bridgehead atoms. The molecule has 106 valence electrons. The van der Waals surface area contributed by atoms with Gasteiger partial charge in [0.2, 0.25) is 0 Å². The van der Waals surface area contributed by atoms with Gasteiger partial charge < -0.3 is 14.4 Å². The van der Waals surface area contributed by atoms with Crippen LogP contribution < -0.4 is 0 Å². The Morgan fingerprint density at radius 3 is 2.85 bits per heavy atom. The van der Waals surface area contributed by atoms with Gasteiger partial charge in [-0.3, -0.25) is 0 Å². The van der Waals surface area contributed by atoms with Gasteiger partial charge in [-0.1, -0.05) is 18.2 Å². The number of aromatic carboxylic acids is 1. The summed E-state index contributed by atoms with van der Waals surface area (Å²) in [6.45, 7) is 4.76. The van der Waals surface area contributed by atoms with Crippen molar-refractivity contribution in [3.8, 4) is 0 Å². The van der Waals surface area contributed by atoms with Gasteiger partial charge in [0, 0.05) is 17.4 Å². The molecule has 2 heterocycles. The van der Waals surface area contributed by atoms with Crippen molar-refractivity contribution in [3.63, 3.8) is 0 Å². The van der Waals surface area contributed by atoms with Crippen LogP contribution >= 0.6 is 0 Å². The number of nitrogens with zero attached hydrogens (tertiary/aromatic N) is 1. The summed E-state index contributed by atoms with van der Waals surface area (Å²) in [6.07, 6.45) is 2.07. The Balaban J connectivity index is 1.97. The molecule has 1 aliphatic rings. The van der Waals surface area contributed by atoms with Crippen LogP contribution in [0.3, 0.4) is 0 Å². The minimum absolute atomic E-state index is 0.0823. The van der Waals surface area contributed by atoms with Crippen LogP contribution in [-0.2, 0) is 11.3 Å². The number of hydrogen-bond acceptors (Lipinski definition) is 2. The maximum absolute atomic E-state index is 11.4. The second-order valence-electron chi connectivity index (χ2n) is 6.04. The quantitative estimate of drug-likeness (QED) is 0.933. The van der Waals surface area contributed by atoms with Crippen molar-refractivity contribution in [1.82, 2.24) is 4.57 Å². The lowest BCUT2D eigenvalue weighted by molar-refractivity contribution is -0.0214. The normalized spacial score (nSPS) is 21.4. The smallest absolute Gasteiger partial charge is 0.352 e. The Labute approximate surface area is 118 Å². The summed E-state index contributed by atoms with van der Waals surface area (Å²) in [5.74, 6) is -0.890. The van der Waals surface area contributed by atoms with Gasteiger partial charge >= 0.3 is 5.97 Å². The van der Waals surface area contributed by atoms with Crippen LogP contribution in [0, 0.1) is 0 Å². The lowest BCUT2D eigenvalue weighted by Gasteiger charge is -2.20. The molecule has 0 amide bonds. The number of benzene rings is 1. The molecule has 1 saturated heterocycles. The van der Waals surface area contributed by atoms with Gasteiger partial charge in [0.15, 0.2) is 0 Å². The van der Waals surface area contributed by atoms with E-state index in [1.165, 1.54) is 0 Å². The van der Waals surface area contributed by atoms with E-state index in [4.69, 9.17) is 4.74 Å². The first-order valence-corrected chi connectivity index (χ1v) is 6.96. The minimum atomic E-state index is -0.890. The molecule has 0 saturated carbocycles. The van der Waals surface area contributed by atoms with E-state index in [1.807, 2.05) is 28.8 Å². The van der Waals surface area contributed by atoms with E-state index >= 15 is 0 Å². The largest absolute Gasteiger partial charge is 0.477 e. The highest BCUT2D eigenvalue weighted by Gasteiger charge is 2.32. The molecule has 4 heteroatoms. The molecule has 1 aliphatic heterocycles. The van der Waals surface area contributed by atoms with Crippen molar-refractivity contribution in [2.45, 2.75) is 44.9 Å². The van der Waals surface area contributed by atoms with E-state index < -0.39 is 5.97 Å². The second-order valence-corrected chi connectivity index (χ2v) is 6.04. The summed E-state index contributed by atoms with van der Waals surface area (Å²) >= 11 is 0. The number of carboxylic acid groups (broad SMARTS) is 1. The highest BCUT2D eigenvalue weighted by atomic mass is 16.5. The first-order chi connectivity index (χ1) is 9.46. The number of carbonyl (C=O) groups is 1. The van der Waals surface area contributed by atoms with Crippen LogP contribution in [0.25, 0.3) is 10.9 Å². The summed E-state index contributed by atoms with van der Waals surface area (Å²) in [4.78, 5) is 11.4. The van der Waals surface area contributed by atoms with Crippen LogP contribution in [-0.4, -0.2) is 27.3 Å². The molecular formula is C16H19NO3. The third-order valence-electron chi connectivity index (χ3n) is 3.97. The second kappa shape index (κ2) is 4.63. The van der Waals surface area contributed by atoms with Gasteiger partial charge in [-0.25, -0.2) is 4.79 Å². The summed E-state index contributed by atoms with van der Waals surface area (Å²) < 4.78 is 7.86. The molecule has 1 fully saturated rings. The summed E-state index contributed by atoms with van der Waals surface area (Å²) in [7, 11) is 0. The van der Waals surface area contributed by atoms with Gasteiger partial charge in [0.1, 0.15) is 5.69 Å². The number of aromatic nitrogens is 1. The summed E-state index contributed by atoms with van der Waals surface area (Å²) in [5.41, 5.74) is 1.19. The van der Waals surface area contributed by atoms with E-state index in [2.05, 4.69) is 13.8 Å². The number of carboxylic acids is 1. The molecule has 1 aromatic carbocycles. The van der Waals surface area contributed by atoms with E-state index in [0.29, 0.717) is 12.2 Å². The molecule has 0 aliphatic carbocycles. The monoisotopic (exact) mass is 273 g/mol. The Bertz CT molecular complexity index is 657. The van der Waals surface area contributed by atoms with Gasteiger partial charge in [0.25, 0.3) is 0 Å². The molecule has 4 nitrogen and oxygen atoms in total. The summed E-state index contributed by atoms with van der Waals surface area (Å²) in [5, 5.41) is 10.3. The lowest BCUT2D eigenvalue weighted by atomic mass is 10.1. The fourth-order valence-corrected chi connectivity index (χ4v) is 2.99. The Kier molecular flexibility index (Phi) is 3.05. The Hall–Kier alpha value is -1.81. The van der Waals surface area contributed by atoms with Gasteiger partial charge in [-0.05, 0) is 38.8 Å². The maximum Gasteiger partial charge on any atom is 0.352 e. The molecule has 1 atom stereocenters. The standard InChI is InChI=1S/C16H19NO3/c1-16(2)8-7-12(20-16)10-17-13-6-4-3-5-11(13)9-14(17)15(18)19/h3-6,9,12H,7-8,10H2,1-2H3,(H,18,19). The maximum atomic E-state index is 11.4. The van der Waals surface area contributed by atoms with Gasteiger partial charge in [-0.2, -0.15) is 0 Å². The van der Waals surface area contributed by atoms with Crippen LogP contribution in [0.1, 0.15) is 37.2 Å². The average molecular weight is 273 g/mol. The minimum Gasteiger partial charge on any atom is -0.477 e. The molecule has 20 heavy (non-hydrogen) atoms. The zero-order chi connectivity index (χ0) is 14.3. The SMILES string of the molecule is CC1(C)CCC(Cn2c(C(=O)O)cc3ccccc32)O1. The number of ether oxygens (including phenoxy) is 1. The van der Waals surface area contributed by atoms with Crippen LogP contribution in [0.15, 0.2) is 30.3 Å². The van der Waals surface area contributed by atoms with E-state index in [0.717, 1.165) is 23.7 Å². The zero-order valence-electron chi connectivity index (χ0n) is 11.8. The average Bonchev–Trinajstić information content (AvgIpc) is 2.91. The molecule has 1 unspecified atom stereocenters. The topological polar surface area (TPSA) is 51.5 Å². The number of hydrogen-bond donors (Lipinski definition) is 1. The van der Waals surface area contributed by atoms with Crippen LogP contribution in [0.4, 0.5) is 0 Å². The van der Waals surface area contributed by atoms with Gasteiger partial charge in [-0.15, -0.1) is 0 Å². The predicted octanol–water partition coefficient (Wildman–Crippen LogP) is 3.30.